The largest absolute Gasteiger partial charge is 0.414 e. The van der Waals surface area contributed by atoms with Crippen molar-refractivity contribution in [2.75, 3.05) is 6.54 Å². The summed E-state index contributed by atoms with van der Waals surface area (Å²) >= 11 is 5.18. The normalized spacial score (nSPS) is 17.3. The standard InChI is InChI=1S/C13H12ClNO2/c1-2-7-15-12-6-4-9-3-5-10(8-11(9)12)17-13(14)16/h1,3,5,8,12,15H,4,6-7H2. The van der Waals surface area contributed by atoms with Crippen LogP contribution in [0.3, 0.4) is 0 Å². The maximum atomic E-state index is 10.7. The number of carbonyl (C=O) groups excluding carboxylic acids is 1. The first-order valence-corrected chi connectivity index (χ1v) is 5.75. The maximum Gasteiger partial charge on any atom is 0.409 e. The summed E-state index contributed by atoms with van der Waals surface area (Å²) in [6.07, 6.45) is 7.24. The molecule has 4 heteroatoms. The Hall–Kier alpha value is -1.50. The molecule has 1 N–H and O–H groups in total. The molecule has 1 aromatic carbocycles. The van der Waals surface area contributed by atoms with E-state index in [-0.39, 0.29) is 6.04 Å². The molecule has 0 radical (unpaired) electrons. The van der Waals surface area contributed by atoms with Crippen LogP contribution in [0, 0.1) is 12.3 Å². The molecule has 0 saturated heterocycles. The number of rotatable bonds is 3. The SMILES string of the molecule is C#CCNC1CCc2ccc(OC(=O)Cl)cc21. The molecule has 0 fully saturated rings. The molecule has 88 valence electrons. The van der Waals surface area contributed by atoms with Gasteiger partial charge in [0.2, 0.25) is 0 Å². The van der Waals surface area contributed by atoms with Gasteiger partial charge in [0.25, 0.3) is 0 Å². The van der Waals surface area contributed by atoms with Gasteiger partial charge in [-0.2, -0.15) is 0 Å². The maximum absolute atomic E-state index is 10.7. The third kappa shape index (κ3) is 2.79. The molecule has 1 aromatic rings. The molecular formula is C13H12ClNO2. The molecule has 0 aliphatic heterocycles. The summed E-state index contributed by atoms with van der Waals surface area (Å²) in [5.74, 6) is 3.03. The van der Waals surface area contributed by atoms with Gasteiger partial charge in [-0.3, -0.25) is 5.32 Å². The number of hydrogen-bond donors (Lipinski definition) is 1. The lowest BCUT2D eigenvalue weighted by Crippen LogP contribution is -2.19. The molecule has 0 aromatic heterocycles. The molecule has 0 amide bonds. The summed E-state index contributed by atoms with van der Waals surface area (Å²) in [6.45, 7) is 0.531. The lowest BCUT2D eigenvalue weighted by molar-refractivity contribution is 0.225. The number of hydrogen-bond acceptors (Lipinski definition) is 3. The zero-order valence-corrected chi connectivity index (χ0v) is 9.96. The lowest BCUT2D eigenvalue weighted by Gasteiger charge is -2.12. The summed E-state index contributed by atoms with van der Waals surface area (Å²) in [7, 11) is 0. The van der Waals surface area contributed by atoms with E-state index in [1.807, 2.05) is 12.1 Å². The van der Waals surface area contributed by atoms with E-state index in [9.17, 15) is 4.79 Å². The summed E-state index contributed by atoms with van der Waals surface area (Å²) in [5.41, 5.74) is 1.57. The van der Waals surface area contributed by atoms with Gasteiger partial charge in [0.1, 0.15) is 5.75 Å². The van der Waals surface area contributed by atoms with Gasteiger partial charge in [-0.05, 0) is 36.1 Å². The predicted octanol–water partition coefficient (Wildman–Crippen LogP) is 2.63. The molecule has 1 aliphatic rings. The van der Waals surface area contributed by atoms with Gasteiger partial charge in [0.05, 0.1) is 6.54 Å². The van der Waals surface area contributed by atoms with Gasteiger partial charge in [-0.25, -0.2) is 4.79 Å². The number of carbonyl (C=O) groups is 1. The van der Waals surface area contributed by atoms with E-state index < -0.39 is 5.43 Å². The molecule has 0 heterocycles. The number of nitrogens with one attached hydrogen (secondary N) is 1. The van der Waals surface area contributed by atoms with Crippen LogP contribution in [0.1, 0.15) is 23.6 Å². The molecule has 0 spiro atoms. The summed E-state index contributed by atoms with van der Waals surface area (Å²) in [4.78, 5) is 10.7. The van der Waals surface area contributed by atoms with Crippen LogP contribution >= 0.6 is 11.6 Å². The number of aryl methyl sites for hydroxylation is 1. The fourth-order valence-electron chi connectivity index (χ4n) is 2.13. The summed E-state index contributed by atoms with van der Waals surface area (Å²) < 4.78 is 4.85. The lowest BCUT2D eigenvalue weighted by atomic mass is 10.1. The van der Waals surface area contributed by atoms with E-state index in [1.54, 1.807) is 6.07 Å². The average molecular weight is 250 g/mol. The Bertz CT molecular complexity index is 479. The van der Waals surface area contributed by atoms with Crippen LogP contribution in [0.15, 0.2) is 18.2 Å². The van der Waals surface area contributed by atoms with Gasteiger partial charge >= 0.3 is 5.43 Å². The highest BCUT2D eigenvalue weighted by molar-refractivity contribution is 6.61. The summed E-state index contributed by atoms with van der Waals surface area (Å²) in [6, 6.07) is 5.79. The first-order valence-electron chi connectivity index (χ1n) is 5.37. The van der Waals surface area contributed by atoms with E-state index in [1.165, 1.54) is 5.56 Å². The minimum Gasteiger partial charge on any atom is -0.414 e. The van der Waals surface area contributed by atoms with Crippen LogP contribution in [0.25, 0.3) is 0 Å². The molecule has 2 rings (SSSR count). The van der Waals surface area contributed by atoms with Crippen LogP contribution in [0.2, 0.25) is 0 Å². The molecular weight excluding hydrogens is 238 g/mol. The van der Waals surface area contributed by atoms with Crippen molar-refractivity contribution >= 4 is 17.0 Å². The van der Waals surface area contributed by atoms with Crippen LogP contribution in [0.4, 0.5) is 4.79 Å². The van der Waals surface area contributed by atoms with E-state index >= 15 is 0 Å². The van der Waals surface area contributed by atoms with Crippen LogP contribution in [0.5, 0.6) is 5.75 Å². The van der Waals surface area contributed by atoms with Gasteiger partial charge in [-0.15, -0.1) is 6.42 Å². The number of terminal acetylenes is 1. The highest BCUT2D eigenvalue weighted by Gasteiger charge is 2.22. The van der Waals surface area contributed by atoms with Crippen LogP contribution in [-0.2, 0) is 6.42 Å². The Morgan fingerprint density at radius 1 is 1.65 bits per heavy atom. The number of benzene rings is 1. The average Bonchev–Trinajstić information content (AvgIpc) is 2.68. The van der Waals surface area contributed by atoms with E-state index in [4.69, 9.17) is 22.8 Å². The van der Waals surface area contributed by atoms with Crippen molar-refractivity contribution in [1.82, 2.24) is 5.32 Å². The number of halogens is 1. The van der Waals surface area contributed by atoms with Crippen LogP contribution in [-0.4, -0.2) is 12.0 Å². The Balaban J connectivity index is 2.18. The quantitative estimate of drug-likeness (QED) is 0.661. The minimum atomic E-state index is -0.823. The second-order valence-electron chi connectivity index (χ2n) is 3.88. The fourth-order valence-corrected chi connectivity index (χ4v) is 2.22. The fraction of sp³-hybridized carbons (Fsp3) is 0.308. The van der Waals surface area contributed by atoms with Gasteiger partial charge < -0.3 is 4.74 Å². The molecule has 0 saturated carbocycles. The zero-order valence-electron chi connectivity index (χ0n) is 9.20. The van der Waals surface area contributed by atoms with E-state index in [0.717, 1.165) is 18.4 Å². The Kier molecular flexibility index (Phi) is 3.68. The molecule has 0 bridgehead atoms. The molecule has 17 heavy (non-hydrogen) atoms. The van der Waals surface area contributed by atoms with E-state index in [0.29, 0.717) is 12.3 Å². The van der Waals surface area contributed by atoms with Gasteiger partial charge in [-0.1, -0.05) is 12.0 Å². The predicted molar refractivity (Wildman–Crippen MR) is 66.2 cm³/mol. The highest BCUT2D eigenvalue weighted by atomic mass is 35.5. The Morgan fingerprint density at radius 2 is 2.47 bits per heavy atom. The topological polar surface area (TPSA) is 38.3 Å². The zero-order chi connectivity index (χ0) is 12.3. The van der Waals surface area contributed by atoms with Crippen molar-refractivity contribution in [2.24, 2.45) is 0 Å². The smallest absolute Gasteiger partial charge is 0.409 e. The van der Waals surface area contributed by atoms with Crippen molar-refractivity contribution in [1.29, 1.82) is 0 Å². The van der Waals surface area contributed by atoms with E-state index in [2.05, 4.69) is 11.2 Å². The van der Waals surface area contributed by atoms with Crippen molar-refractivity contribution in [2.45, 2.75) is 18.9 Å². The molecule has 1 atom stereocenters. The van der Waals surface area contributed by atoms with Crippen molar-refractivity contribution < 1.29 is 9.53 Å². The monoisotopic (exact) mass is 249 g/mol. The first kappa shape index (κ1) is 12.0. The van der Waals surface area contributed by atoms with Gasteiger partial charge in [0, 0.05) is 17.6 Å². The van der Waals surface area contributed by atoms with Crippen molar-refractivity contribution in [3.63, 3.8) is 0 Å². The van der Waals surface area contributed by atoms with Gasteiger partial charge in [0.15, 0.2) is 0 Å². The van der Waals surface area contributed by atoms with Crippen molar-refractivity contribution in [3.05, 3.63) is 29.3 Å². The molecule has 1 unspecified atom stereocenters. The Labute approximate surface area is 105 Å². The Morgan fingerprint density at radius 3 is 3.18 bits per heavy atom. The minimum absolute atomic E-state index is 0.232. The molecule has 1 aliphatic carbocycles. The molecule has 3 nitrogen and oxygen atoms in total. The number of fused-ring (bicyclic) bond motifs is 1. The third-order valence-electron chi connectivity index (χ3n) is 2.84. The summed E-state index contributed by atoms with van der Waals surface area (Å²) in [5, 5.41) is 3.26. The van der Waals surface area contributed by atoms with Crippen molar-refractivity contribution in [3.8, 4) is 18.1 Å². The highest BCUT2D eigenvalue weighted by Crippen LogP contribution is 2.33. The third-order valence-corrected chi connectivity index (χ3v) is 2.92. The number of ether oxygens (including phenoxy) is 1. The van der Waals surface area contributed by atoms with Crippen LogP contribution < -0.4 is 10.1 Å². The second kappa shape index (κ2) is 5.22. The first-order chi connectivity index (χ1) is 8.20. The second-order valence-corrected chi connectivity index (χ2v) is 4.19.